The number of hydrogen-bond acceptors (Lipinski definition) is 6. The van der Waals surface area contributed by atoms with E-state index in [9.17, 15) is 19.2 Å². The Hall–Kier alpha value is -1.80. The standard InChI is InChI=1S/C10H15N3O5/c11-4(3-7(16)17)10(18)13-9-6(15)2-1-5(14)8(9)12/h4,8-9H,1-3,11-12H2,(H,13,18)(H,16,17)/t4-,8?,9?/m0/s1. The summed E-state index contributed by atoms with van der Waals surface area (Å²) in [7, 11) is 0. The number of carbonyl (C=O) groups excluding carboxylic acids is 3. The molecule has 6 N–H and O–H groups in total. The molecule has 18 heavy (non-hydrogen) atoms. The van der Waals surface area contributed by atoms with Gasteiger partial charge in [-0.05, 0) is 0 Å². The van der Waals surface area contributed by atoms with E-state index in [2.05, 4.69) is 5.32 Å². The van der Waals surface area contributed by atoms with Crippen LogP contribution < -0.4 is 16.8 Å². The monoisotopic (exact) mass is 257 g/mol. The van der Waals surface area contributed by atoms with Gasteiger partial charge in [-0.3, -0.25) is 19.2 Å². The first-order valence-electron chi connectivity index (χ1n) is 5.41. The molecule has 0 aromatic rings. The van der Waals surface area contributed by atoms with Crippen molar-refractivity contribution in [2.24, 2.45) is 11.5 Å². The zero-order valence-electron chi connectivity index (χ0n) is 9.59. The minimum Gasteiger partial charge on any atom is -0.481 e. The summed E-state index contributed by atoms with van der Waals surface area (Å²) in [5.74, 6) is -2.70. The van der Waals surface area contributed by atoms with Crippen molar-refractivity contribution >= 4 is 23.4 Å². The number of hydrogen-bond donors (Lipinski definition) is 4. The summed E-state index contributed by atoms with van der Waals surface area (Å²) >= 11 is 0. The largest absolute Gasteiger partial charge is 0.481 e. The molecule has 0 aromatic carbocycles. The number of rotatable bonds is 4. The molecule has 1 amide bonds. The van der Waals surface area contributed by atoms with Gasteiger partial charge in [0.05, 0.1) is 18.5 Å². The summed E-state index contributed by atoms with van der Waals surface area (Å²) in [6.45, 7) is 0. The predicted octanol–water partition coefficient (Wildman–Crippen LogP) is -2.47. The third-order valence-corrected chi connectivity index (χ3v) is 2.72. The number of aliphatic carboxylic acids is 1. The van der Waals surface area contributed by atoms with Crippen molar-refractivity contribution < 1.29 is 24.3 Å². The first-order valence-corrected chi connectivity index (χ1v) is 5.41. The lowest BCUT2D eigenvalue weighted by Crippen LogP contribution is -2.60. The van der Waals surface area contributed by atoms with Crippen molar-refractivity contribution in [1.82, 2.24) is 5.32 Å². The third kappa shape index (κ3) is 3.34. The summed E-state index contributed by atoms with van der Waals surface area (Å²) in [6.07, 6.45) is -0.477. The molecule has 1 aliphatic rings. The van der Waals surface area contributed by atoms with Crippen molar-refractivity contribution in [2.45, 2.75) is 37.4 Å². The fourth-order valence-electron chi connectivity index (χ4n) is 1.67. The summed E-state index contributed by atoms with van der Waals surface area (Å²) < 4.78 is 0. The van der Waals surface area contributed by atoms with E-state index in [1.165, 1.54) is 0 Å². The van der Waals surface area contributed by atoms with E-state index in [1.807, 2.05) is 0 Å². The van der Waals surface area contributed by atoms with Crippen molar-refractivity contribution in [3.05, 3.63) is 0 Å². The highest BCUT2D eigenvalue weighted by Gasteiger charge is 2.36. The Kier molecular flexibility index (Phi) is 4.51. The van der Waals surface area contributed by atoms with E-state index >= 15 is 0 Å². The average Bonchev–Trinajstić information content (AvgIpc) is 2.28. The molecule has 100 valence electrons. The van der Waals surface area contributed by atoms with Crippen LogP contribution in [0.15, 0.2) is 0 Å². The second-order valence-corrected chi connectivity index (χ2v) is 4.15. The van der Waals surface area contributed by atoms with E-state index in [4.69, 9.17) is 16.6 Å². The van der Waals surface area contributed by atoms with Gasteiger partial charge in [0.2, 0.25) is 5.91 Å². The highest BCUT2D eigenvalue weighted by Crippen LogP contribution is 2.11. The van der Waals surface area contributed by atoms with Gasteiger partial charge < -0.3 is 21.9 Å². The molecule has 3 atom stereocenters. The molecule has 2 unspecified atom stereocenters. The average molecular weight is 257 g/mol. The molecular weight excluding hydrogens is 242 g/mol. The Labute approximate surface area is 103 Å². The first-order chi connectivity index (χ1) is 8.32. The van der Waals surface area contributed by atoms with Crippen molar-refractivity contribution in [1.29, 1.82) is 0 Å². The Bertz CT molecular complexity index is 395. The van der Waals surface area contributed by atoms with Crippen LogP contribution in [0.5, 0.6) is 0 Å². The lowest BCUT2D eigenvalue weighted by molar-refractivity contribution is -0.140. The molecule has 1 saturated carbocycles. The molecule has 1 fully saturated rings. The number of nitrogens with one attached hydrogen (secondary N) is 1. The van der Waals surface area contributed by atoms with Gasteiger partial charge in [-0.1, -0.05) is 0 Å². The lowest BCUT2D eigenvalue weighted by Gasteiger charge is -2.27. The number of carboxylic acids is 1. The molecule has 0 aromatic heterocycles. The van der Waals surface area contributed by atoms with Gasteiger partial charge in [0.1, 0.15) is 6.04 Å². The first kappa shape index (κ1) is 14.3. The maximum atomic E-state index is 11.5. The number of carboxylic acid groups (broad SMARTS) is 1. The van der Waals surface area contributed by atoms with Crippen LogP contribution in [0.3, 0.4) is 0 Å². The minimum absolute atomic E-state index is 0.0195. The topological polar surface area (TPSA) is 153 Å². The quantitative estimate of drug-likeness (QED) is 0.435. The van der Waals surface area contributed by atoms with Crippen LogP contribution in [0.4, 0.5) is 0 Å². The van der Waals surface area contributed by atoms with Crippen molar-refractivity contribution in [3.63, 3.8) is 0 Å². The van der Waals surface area contributed by atoms with Crippen LogP contribution in [-0.4, -0.2) is 46.7 Å². The van der Waals surface area contributed by atoms with Gasteiger partial charge in [-0.25, -0.2) is 0 Å². The molecule has 0 heterocycles. The van der Waals surface area contributed by atoms with Gasteiger partial charge in [0.15, 0.2) is 11.6 Å². The summed E-state index contributed by atoms with van der Waals surface area (Å²) in [5, 5.41) is 10.7. The van der Waals surface area contributed by atoms with Gasteiger partial charge in [-0.2, -0.15) is 0 Å². The fourth-order valence-corrected chi connectivity index (χ4v) is 1.67. The van der Waals surface area contributed by atoms with Crippen LogP contribution in [-0.2, 0) is 19.2 Å². The molecule has 8 heteroatoms. The Morgan fingerprint density at radius 2 is 1.89 bits per heavy atom. The predicted molar refractivity (Wildman–Crippen MR) is 59.4 cm³/mol. The second-order valence-electron chi connectivity index (χ2n) is 4.15. The SMILES string of the molecule is NC1C(=O)CCC(=O)C1NC(=O)[C@@H](N)CC(=O)O. The number of ketones is 2. The highest BCUT2D eigenvalue weighted by atomic mass is 16.4. The molecular formula is C10H15N3O5. The molecule has 1 aliphatic carbocycles. The fraction of sp³-hybridized carbons (Fsp3) is 0.600. The maximum Gasteiger partial charge on any atom is 0.305 e. The van der Waals surface area contributed by atoms with Gasteiger partial charge in [0, 0.05) is 12.8 Å². The molecule has 8 nitrogen and oxygen atoms in total. The zero-order valence-corrected chi connectivity index (χ0v) is 9.59. The van der Waals surface area contributed by atoms with E-state index in [0.29, 0.717) is 0 Å². The molecule has 0 bridgehead atoms. The summed E-state index contributed by atoms with van der Waals surface area (Å²) in [4.78, 5) is 44.8. The van der Waals surface area contributed by atoms with E-state index in [0.717, 1.165) is 0 Å². The van der Waals surface area contributed by atoms with Crippen LogP contribution in [0.2, 0.25) is 0 Å². The number of amides is 1. The summed E-state index contributed by atoms with van der Waals surface area (Å²) in [5.41, 5.74) is 10.9. The van der Waals surface area contributed by atoms with E-state index in [-0.39, 0.29) is 24.4 Å². The Morgan fingerprint density at radius 3 is 2.44 bits per heavy atom. The maximum absolute atomic E-state index is 11.5. The molecule has 1 rings (SSSR count). The van der Waals surface area contributed by atoms with Crippen LogP contribution in [0, 0.1) is 0 Å². The van der Waals surface area contributed by atoms with Crippen molar-refractivity contribution in [3.8, 4) is 0 Å². The Morgan fingerprint density at radius 1 is 1.33 bits per heavy atom. The number of nitrogens with two attached hydrogens (primary N) is 2. The van der Waals surface area contributed by atoms with Gasteiger partial charge in [0.25, 0.3) is 0 Å². The zero-order chi connectivity index (χ0) is 13.9. The lowest BCUT2D eigenvalue weighted by atomic mass is 9.88. The highest BCUT2D eigenvalue weighted by molar-refractivity contribution is 6.02. The van der Waals surface area contributed by atoms with Crippen molar-refractivity contribution in [2.75, 3.05) is 0 Å². The number of carbonyl (C=O) groups is 4. The number of Topliss-reactive ketones (excluding diaryl/α,β-unsaturated/α-hetero) is 2. The third-order valence-electron chi connectivity index (χ3n) is 2.72. The second kappa shape index (κ2) is 5.69. The van der Waals surface area contributed by atoms with Crippen LogP contribution in [0.25, 0.3) is 0 Å². The minimum atomic E-state index is -1.28. The molecule has 0 aliphatic heterocycles. The van der Waals surface area contributed by atoms with Crippen LogP contribution >= 0.6 is 0 Å². The van der Waals surface area contributed by atoms with Gasteiger partial charge in [-0.15, -0.1) is 0 Å². The normalized spacial score (nSPS) is 25.7. The summed E-state index contributed by atoms with van der Waals surface area (Å²) in [6, 6.07) is -3.48. The molecule has 0 radical (unpaired) electrons. The molecule has 0 spiro atoms. The van der Waals surface area contributed by atoms with E-state index in [1.54, 1.807) is 0 Å². The smallest absolute Gasteiger partial charge is 0.305 e. The Balaban J connectivity index is 2.64. The van der Waals surface area contributed by atoms with E-state index < -0.39 is 36.4 Å². The van der Waals surface area contributed by atoms with Gasteiger partial charge >= 0.3 is 5.97 Å². The van der Waals surface area contributed by atoms with Crippen LogP contribution in [0.1, 0.15) is 19.3 Å². The molecule has 0 saturated heterocycles.